The average molecular weight is 423 g/mol. The van der Waals surface area contributed by atoms with Gasteiger partial charge in [0.25, 0.3) is 5.91 Å². The van der Waals surface area contributed by atoms with Crippen molar-refractivity contribution in [1.82, 2.24) is 9.88 Å². The van der Waals surface area contributed by atoms with Crippen LogP contribution in [0.5, 0.6) is 5.75 Å². The van der Waals surface area contributed by atoms with Gasteiger partial charge in [0.1, 0.15) is 17.4 Å². The molecular formula is C25H30N2O2S. The molecule has 1 heterocycles. The third kappa shape index (κ3) is 5.70. The van der Waals surface area contributed by atoms with Crippen LogP contribution in [-0.2, 0) is 13.2 Å². The SMILES string of the molecule is CCC(C)N(Cc1csc(COc2cc(C)cc(C)c2)n1)C(=O)c1ccc(C)cc1. The van der Waals surface area contributed by atoms with Gasteiger partial charge in [0.15, 0.2) is 0 Å². The van der Waals surface area contributed by atoms with Crippen molar-refractivity contribution in [3.05, 3.63) is 80.8 Å². The number of thiazole rings is 1. The monoisotopic (exact) mass is 422 g/mol. The van der Waals surface area contributed by atoms with Crippen molar-refractivity contribution in [3.8, 4) is 5.75 Å². The van der Waals surface area contributed by atoms with Crippen molar-refractivity contribution in [2.24, 2.45) is 0 Å². The zero-order valence-corrected chi connectivity index (χ0v) is 19.3. The standard InChI is InChI=1S/C25H30N2O2S/c1-6-20(5)27(25(28)21-9-7-17(2)8-10-21)14-22-16-30-24(26-22)15-29-23-12-18(3)11-19(4)13-23/h7-13,16,20H,6,14-15H2,1-5H3. The first-order chi connectivity index (χ1) is 14.4. The third-order valence-electron chi connectivity index (χ3n) is 5.17. The van der Waals surface area contributed by atoms with Crippen LogP contribution in [0.4, 0.5) is 0 Å². The van der Waals surface area contributed by atoms with Crippen molar-refractivity contribution in [3.63, 3.8) is 0 Å². The highest BCUT2D eigenvalue weighted by molar-refractivity contribution is 7.09. The predicted octanol–water partition coefficient (Wildman–Crippen LogP) is 6.09. The molecule has 0 fully saturated rings. The molecule has 0 aliphatic rings. The quantitative estimate of drug-likeness (QED) is 0.441. The minimum Gasteiger partial charge on any atom is -0.486 e. The summed E-state index contributed by atoms with van der Waals surface area (Å²) in [4.78, 5) is 19.7. The van der Waals surface area contributed by atoms with Crippen molar-refractivity contribution in [1.29, 1.82) is 0 Å². The fraction of sp³-hybridized carbons (Fsp3) is 0.360. The van der Waals surface area contributed by atoms with Crippen LogP contribution in [0.2, 0.25) is 0 Å². The minimum atomic E-state index is 0.0467. The van der Waals surface area contributed by atoms with Crippen molar-refractivity contribution in [2.45, 2.75) is 60.2 Å². The summed E-state index contributed by atoms with van der Waals surface area (Å²) in [6, 6.07) is 14.1. The van der Waals surface area contributed by atoms with E-state index in [0.29, 0.717) is 13.2 Å². The van der Waals surface area contributed by atoms with Gasteiger partial charge in [-0.3, -0.25) is 4.79 Å². The maximum Gasteiger partial charge on any atom is 0.254 e. The summed E-state index contributed by atoms with van der Waals surface area (Å²) in [6.07, 6.45) is 0.893. The number of hydrogen-bond acceptors (Lipinski definition) is 4. The van der Waals surface area contributed by atoms with Gasteiger partial charge in [0.05, 0.1) is 12.2 Å². The first-order valence-corrected chi connectivity index (χ1v) is 11.3. The van der Waals surface area contributed by atoms with Crippen LogP contribution in [0, 0.1) is 20.8 Å². The van der Waals surface area contributed by atoms with Crippen LogP contribution in [0.15, 0.2) is 47.8 Å². The van der Waals surface area contributed by atoms with Crippen LogP contribution in [0.1, 0.15) is 58.0 Å². The van der Waals surface area contributed by atoms with Gasteiger partial charge in [0, 0.05) is 17.0 Å². The second-order valence-electron chi connectivity index (χ2n) is 7.90. The van der Waals surface area contributed by atoms with E-state index in [2.05, 4.69) is 33.8 Å². The molecule has 1 amide bonds. The molecule has 3 rings (SSSR count). The van der Waals surface area contributed by atoms with Gasteiger partial charge in [-0.15, -0.1) is 11.3 Å². The Morgan fingerprint density at radius 3 is 2.37 bits per heavy atom. The van der Waals surface area contributed by atoms with Crippen LogP contribution in [0.3, 0.4) is 0 Å². The average Bonchev–Trinajstić information content (AvgIpc) is 3.17. The Hall–Kier alpha value is -2.66. The number of rotatable bonds is 8. The highest BCUT2D eigenvalue weighted by Gasteiger charge is 2.22. The zero-order valence-electron chi connectivity index (χ0n) is 18.4. The van der Waals surface area contributed by atoms with Gasteiger partial charge in [0.2, 0.25) is 0 Å². The Balaban J connectivity index is 1.69. The number of amides is 1. The second-order valence-corrected chi connectivity index (χ2v) is 8.84. The fourth-order valence-corrected chi connectivity index (χ4v) is 4.03. The summed E-state index contributed by atoms with van der Waals surface area (Å²) < 4.78 is 5.94. The maximum atomic E-state index is 13.1. The molecule has 1 aromatic heterocycles. The molecule has 0 spiro atoms. The minimum absolute atomic E-state index is 0.0467. The zero-order chi connectivity index (χ0) is 21.7. The van der Waals surface area contributed by atoms with Crippen LogP contribution >= 0.6 is 11.3 Å². The highest BCUT2D eigenvalue weighted by atomic mass is 32.1. The number of carbonyl (C=O) groups excluding carboxylic acids is 1. The topological polar surface area (TPSA) is 42.4 Å². The van der Waals surface area contributed by atoms with E-state index in [4.69, 9.17) is 9.72 Å². The molecule has 1 atom stereocenters. The molecule has 0 bridgehead atoms. The molecule has 0 saturated carbocycles. The molecule has 0 N–H and O–H groups in total. The smallest absolute Gasteiger partial charge is 0.254 e. The molecule has 3 aromatic rings. The van der Waals surface area contributed by atoms with E-state index in [9.17, 15) is 4.79 Å². The summed E-state index contributed by atoms with van der Waals surface area (Å²) >= 11 is 1.57. The lowest BCUT2D eigenvalue weighted by atomic mass is 10.1. The number of carbonyl (C=O) groups is 1. The van der Waals surface area contributed by atoms with E-state index in [-0.39, 0.29) is 11.9 Å². The van der Waals surface area contributed by atoms with Gasteiger partial charge in [-0.2, -0.15) is 0 Å². The molecular weight excluding hydrogens is 392 g/mol. The van der Waals surface area contributed by atoms with Gasteiger partial charge >= 0.3 is 0 Å². The highest BCUT2D eigenvalue weighted by Crippen LogP contribution is 2.21. The number of aryl methyl sites for hydroxylation is 3. The molecule has 0 aliphatic heterocycles. The van der Waals surface area contributed by atoms with Gasteiger partial charge in [-0.25, -0.2) is 4.98 Å². The van der Waals surface area contributed by atoms with Crippen LogP contribution in [0.25, 0.3) is 0 Å². The van der Waals surface area contributed by atoms with Gasteiger partial charge < -0.3 is 9.64 Å². The van der Waals surface area contributed by atoms with Crippen molar-refractivity contribution in [2.75, 3.05) is 0 Å². The Morgan fingerprint density at radius 1 is 1.07 bits per heavy atom. The lowest BCUT2D eigenvalue weighted by Crippen LogP contribution is -2.37. The normalized spacial score (nSPS) is 11.9. The van der Waals surface area contributed by atoms with Crippen LogP contribution < -0.4 is 4.74 Å². The number of nitrogens with zero attached hydrogens (tertiary/aromatic N) is 2. The Kier molecular flexibility index (Phi) is 7.27. The summed E-state index contributed by atoms with van der Waals surface area (Å²) in [7, 11) is 0. The summed E-state index contributed by atoms with van der Waals surface area (Å²) in [5.74, 6) is 0.908. The van der Waals surface area contributed by atoms with Crippen LogP contribution in [-0.4, -0.2) is 21.8 Å². The number of benzene rings is 2. The second kappa shape index (κ2) is 9.90. The van der Waals surface area contributed by atoms with Gasteiger partial charge in [-0.1, -0.05) is 30.7 Å². The largest absolute Gasteiger partial charge is 0.486 e. The third-order valence-corrected chi connectivity index (χ3v) is 6.04. The van der Waals surface area contributed by atoms with E-state index >= 15 is 0 Å². The Labute approximate surface area is 183 Å². The van der Waals surface area contributed by atoms with E-state index in [1.165, 1.54) is 11.1 Å². The van der Waals surface area contributed by atoms with Gasteiger partial charge in [-0.05, 0) is 69.5 Å². The molecule has 0 saturated heterocycles. The molecule has 0 aliphatic carbocycles. The Morgan fingerprint density at radius 2 is 1.73 bits per heavy atom. The molecule has 2 aromatic carbocycles. The number of ether oxygens (including phenoxy) is 1. The van der Waals surface area contributed by atoms with E-state index < -0.39 is 0 Å². The first kappa shape index (κ1) is 22.0. The van der Waals surface area contributed by atoms with Crippen molar-refractivity contribution >= 4 is 17.2 Å². The summed E-state index contributed by atoms with van der Waals surface area (Å²) in [6.45, 7) is 11.3. The number of hydrogen-bond donors (Lipinski definition) is 0. The first-order valence-electron chi connectivity index (χ1n) is 10.4. The number of aromatic nitrogens is 1. The summed E-state index contributed by atoms with van der Waals surface area (Å²) in [5, 5.41) is 2.94. The van der Waals surface area contributed by atoms with E-state index in [1.807, 2.05) is 53.6 Å². The molecule has 158 valence electrons. The summed E-state index contributed by atoms with van der Waals surface area (Å²) in [5.41, 5.74) is 5.14. The maximum absolute atomic E-state index is 13.1. The molecule has 5 heteroatoms. The Bertz CT molecular complexity index is 974. The lowest BCUT2D eigenvalue weighted by Gasteiger charge is -2.28. The predicted molar refractivity (Wildman–Crippen MR) is 123 cm³/mol. The van der Waals surface area contributed by atoms with Crippen molar-refractivity contribution < 1.29 is 9.53 Å². The molecule has 0 radical (unpaired) electrons. The molecule has 1 unspecified atom stereocenters. The molecule has 30 heavy (non-hydrogen) atoms. The van der Waals surface area contributed by atoms with E-state index in [0.717, 1.165) is 34.0 Å². The molecule has 4 nitrogen and oxygen atoms in total. The van der Waals surface area contributed by atoms with E-state index in [1.54, 1.807) is 11.3 Å². The fourth-order valence-electron chi connectivity index (χ4n) is 3.33. The lowest BCUT2D eigenvalue weighted by molar-refractivity contribution is 0.0669.